The van der Waals surface area contributed by atoms with Crippen LogP contribution in [0.25, 0.3) is 0 Å². The minimum atomic E-state index is -0.301. The lowest BCUT2D eigenvalue weighted by Crippen LogP contribution is -2.34. The molecule has 1 amide bonds. The Balaban J connectivity index is 3.39. The Morgan fingerprint density at radius 1 is 1.44 bits per heavy atom. The lowest BCUT2D eigenvalue weighted by atomic mass is 10.3. The van der Waals surface area contributed by atoms with Gasteiger partial charge in [0.15, 0.2) is 0 Å². The number of hydrogen-bond donors (Lipinski definition) is 2. The molecule has 0 aromatic heterocycles. The number of hydrazine groups is 1. The molecule has 0 unspecified atom stereocenters. The molecule has 4 heteroatoms. The topological polar surface area (TPSA) is 58.2 Å². The zero-order chi connectivity index (χ0) is 7.28. The highest BCUT2D eigenvalue weighted by atomic mass is 16.2. The largest absolute Gasteiger partial charge is 0.299 e. The van der Waals surface area contributed by atoms with Crippen LogP contribution in [0.2, 0.25) is 0 Å². The van der Waals surface area contributed by atoms with E-state index in [4.69, 9.17) is 0 Å². The summed E-state index contributed by atoms with van der Waals surface area (Å²) in [6.07, 6.45) is -0.0547. The molecule has 0 radical (unpaired) electrons. The van der Waals surface area contributed by atoms with Crippen molar-refractivity contribution in [3.63, 3.8) is 0 Å². The Labute approximate surface area is 53.6 Å². The Morgan fingerprint density at radius 3 is 2.33 bits per heavy atom. The van der Waals surface area contributed by atoms with Gasteiger partial charge in [-0.1, -0.05) is 0 Å². The van der Waals surface area contributed by atoms with Gasteiger partial charge in [-0.05, 0) is 6.92 Å². The van der Waals surface area contributed by atoms with Crippen LogP contribution in [0, 0.1) is 0 Å². The Kier molecular flexibility index (Phi) is 3.62. The number of ketones is 1. The van der Waals surface area contributed by atoms with Crippen LogP contribution in [-0.2, 0) is 9.59 Å². The van der Waals surface area contributed by atoms with Crippen LogP contribution in [0.1, 0.15) is 13.3 Å². The molecule has 4 nitrogen and oxygen atoms in total. The monoisotopic (exact) mass is 130 g/mol. The Hall–Kier alpha value is -0.900. The fourth-order valence-electron chi connectivity index (χ4n) is 0.410. The van der Waals surface area contributed by atoms with E-state index in [0.717, 1.165) is 0 Å². The lowest BCUT2D eigenvalue weighted by Gasteiger charge is -1.97. The van der Waals surface area contributed by atoms with E-state index < -0.39 is 0 Å². The molecule has 2 N–H and O–H groups in total. The summed E-state index contributed by atoms with van der Waals surface area (Å²) in [6, 6.07) is 0. The second-order valence-electron chi connectivity index (χ2n) is 1.68. The number of amides is 1. The van der Waals surface area contributed by atoms with Gasteiger partial charge in [-0.2, -0.15) is 0 Å². The van der Waals surface area contributed by atoms with E-state index in [1.165, 1.54) is 6.92 Å². The molecule has 0 heterocycles. The maximum absolute atomic E-state index is 10.5. The summed E-state index contributed by atoms with van der Waals surface area (Å²) < 4.78 is 0. The third kappa shape index (κ3) is 4.96. The highest BCUT2D eigenvalue weighted by Gasteiger charge is 2.01. The molecule has 0 spiro atoms. The Bertz CT molecular complexity index is 122. The fraction of sp³-hybridized carbons (Fsp3) is 0.600. The average Bonchev–Trinajstić information content (AvgIpc) is 1.63. The SMILES string of the molecule is CNNC(=O)CC(C)=O. The predicted octanol–water partition coefficient (Wildman–Crippen LogP) is -0.784. The molecule has 0 aliphatic carbocycles. The van der Waals surface area contributed by atoms with Crippen molar-refractivity contribution in [2.75, 3.05) is 7.05 Å². The van der Waals surface area contributed by atoms with E-state index in [2.05, 4.69) is 10.9 Å². The first-order valence-electron chi connectivity index (χ1n) is 2.62. The summed E-state index contributed by atoms with van der Waals surface area (Å²) in [5, 5.41) is 0. The van der Waals surface area contributed by atoms with E-state index in [1.807, 2.05) is 0 Å². The van der Waals surface area contributed by atoms with Gasteiger partial charge in [0.1, 0.15) is 5.78 Å². The van der Waals surface area contributed by atoms with Gasteiger partial charge in [-0.15, -0.1) is 0 Å². The van der Waals surface area contributed by atoms with E-state index in [-0.39, 0.29) is 18.1 Å². The highest BCUT2D eigenvalue weighted by molar-refractivity contribution is 5.96. The zero-order valence-corrected chi connectivity index (χ0v) is 5.52. The molecular weight excluding hydrogens is 120 g/mol. The number of Topliss-reactive ketones (excluding diaryl/α,β-unsaturated/α-hetero) is 1. The third-order valence-corrected chi connectivity index (χ3v) is 0.674. The van der Waals surface area contributed by atoms with E-state index in [9.17, 15) is 9.59 Å². The molecule has 0 bridgehead atoms. The number of carbonyl (C=O) groups excluding carboxylic acids is 2. The predicted molar refractivity (Wildman–Crippen MR) is 32.5 cm³/mol. The van der Waals surface area contributed by atoms with Crippen molar-refractivity contribution in [2.24, 2.45) is 0 Å². The van der Waals surface area contributed by atoms with E-state index >= 15 is 0 Å². The molecule has 0 saturated carbocycles. The van der Waals surface area contributed by atoms with Crippen LogP contribution < -0.4 is 10.9 Å². The average molecular weight is 130 g/mol. The van der Waals surface area contributed by atoms with Gasteiger partial charge in [0.05, 0.1) is 6.42 Å². The molecule has 0 rings (SSSR count). The molecule has 0 atom stereocenters. The van der Waals surface area contributed by atoms with Crippen LogP contribution in [-0.4, -0.2) is 18.7 Å². The minimum Gasteiger partial charge on any atom is -0.299 e. The lowest BCUT2D eigenvalue weighted by molar-refractivity contribution is -0.127. The van der Waals surface area contributed by atoms with Crippen LogP contribution >= 0.6 is 0 Å². The Morgan fingerprint density at radius 2 is 2.00 bits per heavy atom. The minimum absolute atomic E-state index is 0.0547. The van der Waals surface area contributed by atoms with Gasteiger partial charge < -0.3 is 0 Å². The van der Waals surface area contributed by atoms with Crippen LogP contribution in [0.3, 0.4) is 0 Å². The van der Waals surface area contributed by atoms with Crippen molar-refractivity contribution in [3.05, 3.63) is 0 Å². The molecule has 0 fully saturated rings. The zero-order valence-electron chi connectivity index (χ0n) is 5.52. The molecule has 0 aliphatic rings. The highest BCUT2D eigenvalue weighted by Crippen LogP contribution is 1.78. The maximum atomic E-state index is 10.5. The fourth-order valence-corrected chi connectivity index (χ4v) is 0.410. The summed E-state index contributed by atoms with van der Waals surface area (Å²) >= 11 is 0. The first-order chi connectivity index (χ1) is 4.16. The summed E-state index contributed by atoms with van der Waals surface area (Å²) in [4.78, 5) is 20.7. The van der Waals surface area contributed by atoms with Crippen molar-refractivity contribution < 1.29 is 9.59 Å². The normalized spacial score (nSPS) is 8.67. The molecule has 0 aromatic rings. The quantitative estimate of drug-likeness (QED) is 0.389. The number of nitrogens with one attached hydrogen (secondary N) is 2. The van der Waals surface area contributed by atoms with Crippen LogP contribution in [0.4, 0.5) is 0 Å². The smallest absolute Gasteiger partial charge is 0.241 e. The van der Waals surface area contributed by atoms with Crippen molar-refractivity contribution in [2.45, 2.75) is 13.3 Å². The van der Waals surface area contributed by atoms with Crippen molar-refractivity contribution >= 4 is 11.7 Å². The second-order valence-corrected chi connectivity index (χ2v) is 1.68. The first-order valence-corrected chi connectivity index (χ1v) is 2.62. The number of hydrogen-bond acceptors (Lipinski definition) is 3. The maximum Gasteiger partial charge on any atom is 0.241 e. The molecule has 0 aliphatic heterocycles. The van der Waals surface area contributed by atoms with Crippen LogP contribution in [0.5, 0.6) is 0 Å². The van der Waals surface area contributed by atoms with Crippen molar-refractivity contribution in [1.82, 2.24) is 10.9 Å². The molecule has 9 heavy (non-hydrogen) atoms. The summed E-state index contributed by atoms with van der Waals surface area (Å²) in [5.41, 5.74) is 4.69. The van der Waals surface area contributed by atoms with Gasteiger partial charge in [0, 0.05) is 7.05 Å². The third-order valence-electron chi connectivity index (χ3n) is 0.674. The van der Waals surface area contributed by atoms with Gasteiger partial charge in [-0.25, -0.2) is 5.43 Å². The number of carbonyl (C=O) groups is 2. The number of rotatable bonds is 3. The van der Waals surface area contributed by atoms with Gasteiger partial charge in [-0.3, -0.25) is 15.0 Å². The van der Waals surface area contributed by atoms with Crippen molar-refractivity contribution in [3.8, 4) is 0 Å². The summed E-state index contributed by atoms with van der Waals surface area (Å²) in [6.45, 7) is 1.37. The summed E-state index contributed by atoms with van der Waals surface area (Å²) in [5.74, 6) is -0.437. The van der Waals surface area contributed by atoms with Gasteiger partial charge >= 0.3 is 0 Å². The van der Waals surface area contributed by atoms with E-state index in [1.54, 1.807) is 7.05 Å². The van der Waals surface area contributed by atoms with Crippen LogP contribution in [0.15, 0.2) is 0 Å². The molecule has 0 saturated heterocycles. The second kappa shape index (κ2) is 4.03. The molecule has 0 aromatic carbocycles. The first kappa shape index (κ1) is 8.10. The van der Waals surface area contributed by atoms with E-state index in [0.29, 0.717) is 0 Å². The van der Waals surface area contributed by atoms with Gasteiger partial charge in [0.2, 0.25) is 5.91 Å². The van der Waals surface area contributed by atoms with Gasteiger partial charge in [0.25, 0.3) is 0 Å². The summed E-state index contributed by atoms with van der Waals surface area (Å²) in [7, 11) is 1.57. The van der Waals surface area contributed by atoms with Crippen molar-refractivity contribution in [1.29, 1.82) is 0 Å². The molecular formula is C5H10N2O2. The standard InChI is InChI=1S/C5H10N2O2/c1-4(8)3-5(9)7-6-2/h6H,3H2,1-2H3,(H,7,9). The molecule has 52 valence electrons.